The molecule has 0 aliphatic heterocycles. The molecule has 0 saturated heterocycles. The molecule has 4 nitrogen and oxygen atoms in total. The molecule has 1 rings (SSSR count). The first-order chi connectivity index (χ1) is 8.24. The van der Waals surface area contributed by atoms with Crippen LogP contribution in [0.5, 0.6) is 0 Å². The van der Waals surface area contributed by atoms with Crippen LogP contribution in [-0.2, 0) is 0 Å². The van der Waals surface area contributed by atoms with Gasteiger partial charge in [-0.2, -0.15) is 13.2 Å². The van der Waals surface area contributed by atoms with Crippen LogP contribution in [0, 0.1) is 0 Å². The fourth-order valence-electron chi connectivity index (χ4n) is 1.33. The molecule has 0 spiro atoms. The number of pyridine rings is 1. The van der Waals surface area contributed by atoms with Crippen molar-refractivity contribution >= 4 is 23.4 Å². The summed E-state index contributed by atoms with van der Waals surface area (Å²) in [6.45, 7) is 0.385. The first-order valence-electron chi connectivity index (χ1n) is 4.95. The lowest BCUT2D eigenvalue weighted by molar-refractivity contribution is -0.119. The van der Waals surface area contributed by atoms with E-state index in [4.69, 9.17) is 16.7 Å². The van der Waals surface area contributed by atoms with Crippen molar-refractivity contribution in [2.45, 2.75) is 13.1 Å². The molecule has 0 aromatic carbocycles. The number of anilines is 1. The fourth-order valence-corrected chi connectivity index (χ4v) is 1.62. The molecule has 100 valence electrons. The Hall–Kier alpha value is -1.50. The molecule has 0 unspecified atom stereocenters. The number of carbonyl (C=O) groups is 1. The van der Waals surface area contributed by atoms with Gasteiger partial charge in [-0.15, -0.1) is 0 Å². The summed E-state index contributed by atoms with van der Waals surface area (Å²) in [6.07, 6.45) is -3.41. The summed E-state index contributed by atoms with van der Waals surface area (Å²) in [4.78, 5) is 15.2. The second-order valence-electron chi connectivity index (χ2n) is 3.46. The average molecular weight is 283 g/mol. The van der Waals surface area contributed by atoms with Crippen LogP contribution in [0.3, 0.4) is 0 Å². The minimum absolute atomic E-state index is 0.0542. The third-order valence-electron chi connectivity index (χ3n) is 2.12. The SMILES string of the molecule is CCN(CC(F)(F)F)c1ncc(C(=O)O)cc1Cl. The van der Waals surface area contributed by atoms with Crippen molar-refractivity contribution in [2.24, 2.45) is 0 Å². The van der Waals surface area contributed by atoms with Crippen LogP contribution < -0.4 is 4.90 Å². The highest BCUT2D eigenvalue weighted by molar-refractivity contribution is 6.33. The number of hydrogen-bond donors (Lipinski definition) is 1. The van der Waals surface area contributed by atoms with Gasteiger partial charge in [0.25, 0.3) is 0 Å². The molecule has 0 atom stereocenters. The molecule has 0 fully saturated rings. The van der Waals surface area contributed by atoms with E-state index in [2.05, 4.69) is 4.98 Å². The zero-order chi connectivity index (χ0) is 13.9. The van der Waals surface area contributed by atoms with Crippen molar-refractivity contribution in [1.82, 2.24) is 4.98 Å². The predicted octanol–water partition coefficient (Wildman–Crippen LogP) is 2.82. The average Bonchev–Trinajstić information content (AvgIpc) is 2.24. The Morgan fingerprint density at radius 1 is 1.56 bits per heavy atom. The van der Waals surface area contributed by atoms with E-state index in [1.54, 1.807) is 0 Å². The maximum Gasteiger partial charge on any atom is 0.405 e. The quantitative estimate of drug-likeness (QED) is 0.922. The monoisotopic (exact) mass is 282 g/mol. The van der Waals surface area contributed by atoms with Crippen LogP contribution >= 0.6 is 11.6 Å². The Bertz CT molecular complexity index is 451. The van der Waals surface area contributed by atoms with Crippen molar-refractivity contribution in [1.29, 1.82) is 0 Å². The number of carboxylic acids is 1. The first kappa shape index (κ1) is 14.6. The number of rotatable bonds is 4. The molecule has 0 radical (unpaired) electrons. The third-order valence-corrected chi connectivity index (χ3v) is 2.40. The molecule has 18 heavy (non-hydrogen) atoms. The summed E-state index contributed by atoms with van der Waals surface area (Å²) < 4.78 is 36.9. The van der Waals surface area contributed by atoms with Gasteiger partial charge >= 0.3 is 12.1 Å². The lowest BCUT2D eigenvalue weighted by atomic mass is 10.3. The smallest absolute Gasteiger partial charge is 0.405 e. The van der Waals surface area contributed by atoms with Gasteiger partial charge in [-0.25, -0.2) is 9.78 Å². The molecule has 8 heteroatoms. The van der Waals surface area contributed by atoms with E-state index >= 15 is 0 Å². The second-order valence-corrected chi connectivity index (χ2v) is 3.87. The molecule has 0 aliphatic rings. The summed E-state index contributed by atoms with van der Waals surface area (Å²) in [6, 6.07) is 1.07. The Labute approximate surface area is 106 Å². The van der Waals surface area contributed by atoms with Crippen molar-refractivity contribution in [2.75, 3.05) is 18.0 Å². The molecule has 1 aromatic rings. The molecule has 1 heterocycles. The molecule has 0 saturated carbocycles. The minimum Gasteiger partial charge on any atom is -0.478 e. The molecule has 0 amide bonds. The van der Waals surface area contributed by atoms with Crippen LogP contribution in [-0.4, -0.2) is 35.3 Å². The largest absolute Gasteiger partial charge is 0.478 e. The van der Waals surface area contributed by atoms with E-state index in [1.165, 1.54) is 6.92 Å². The number of carboxylic acid groups (broad SMARTS) is 1. The number of aromatic carboxylic acids is 1. The highest BCUT2D eigenvalue weighted by Crippen LogP contribution is 2.27. The molecular formula is C10H10ClF3N2O2. The van der Waals surface area contributed by atoms with Crippen molar-refractivity contribution in [3.8, 4) is 0 Å². The Morgan fingerprint density at radius 3 is 2.56 bits per heavy atom. The van der Waals surface area contributed by atoms with E-state index in [1.807, 2.05) is 0 Å². The van der Waals surface area contributed by atoms with Gasteiger partial charge in [0.2, 0.25) is 0 Å². The van der Waals surface area contributed by atoms with Gasteiger partial charge in [0.1, 0.15) is 12.4 Å². The van der Waals surface area contributed by atoms with Gasteiger partial charge in [-0.05, 0) is 13.0 Å². The van der Waals surface area contributed by atoms with E-state index in [0.29, 0.717) is 0 Å². The second kappa shape index (κ2) is 5.43. The molecular weight excluding hydrogens is 273 g/mol. The van der Waals surface area contributed by atoms with Gasteiger partial charge in [0.15, 0.2) is 0 Å². The Balaban J connectivity index is 3.04. The van der Waals surface area contributed by atoms with Crippen LogP contribution in [0.2, 0.25) is 5.02 Å². The van der Waals surface area contributed by atoms with E-state index in [9.17, 15) is 18.0 Å². The Kier molecular flexibility index (Phi) is 4.39. The van der Waals surface area contributed by atoms with Crippen LogP contribution in [0.1, 0.15) is 17.3 Å². The summed E-state index contributed by atoms with van der Waals surface area (Å²) in [5.41, 5.74) is -0.174. The van der Waals surface area contributed by atoms with E-state index < -0.39 is 18.7 Å². The van der Waals surface area contributed by atoms with Crippen molar-refractivity contribution < 1.29 is 23.1 Å². The number of alkyl halides is 3. The van der Waals surface area contributed by atoms with E-state index in [0.717, 1.165) is 17.2 Å². The maximum atomic E-state index is 12.3. The highest BCUT2D eigenvalue weighted by atomic mass is 35.5. The summed E-state index contributed by atoms with van der Waals surface area (Å²) >= 11 is 5.74. The van der Waals surface area contributed by atoms with Crippen LogP contribution in [0.25, 0.3) is 0 Å². The zero-order valence-electron chi connectivity index (χ0n) is 9.33. The molecule has 0 bridgehead atoms. The van der Waals surface area contributed by atoms with Crippen molar-refractivity contribution in [3.63, 3.8) is 0 Å². The van der Waals surface area contributed by atoms with Gasteiger partial charge in [0, 0.05) is 12.7 Å². The first-order valence-corrected chi connectivity index (χ1v) is 5.33. The standard InChI is InChI=1S/C10H10ClF3N2O2/c1-2-16(5-10(12,13)14)8-7(11)3-6(4-15-8)9(17)18/h3-4H,2,5H2,1H3,(H,17,18). The van der Waals surface area contributed by atoms with Crippen LogP contribution in [0.15, 0.2) is 12.3 Å². The van der Waals surface area contributed by atoms with Crippen molar-refractivity contribution in [3.05, 3.63) is 22.8 Å². The third kappa shape index (κ3) is 3.76. The fraction of sp³-hybridized carbons (Fsp3) is 0.400. The molecule has 1 N–H and O–H groups in total. The van der Waals surface area contributed by atoms with Gasteiger partial charge in [-0.3, -0.25) is 0 Å². The number of aromatic nitrogens is 1. The number of nitrogens with zero attached hydrogens (tertiary/aromatic N) is 2. The van der Waals surface area contributed by atoms with Gasteiger partial charge in [-0.1, -0.05) is 11.6 Å². The summed E-state index contributed by atoms with van der Waals surface area (Å²) in [7, 11) is 0. The Morgan fingerprint density at radius 2 is 2.17 bits per heavy atom. The lowest BCUT2D eigenvalue weighted by Gasteiger charge is -2.24. The lowest BCUT2D eigenvalue weighted by Crippen LogP contribution is -2.34. The molecule has 1 aromatic heterocycles. The van der Waals surface area contributed by atoms with E-state index in [-0.39, 0.29) is 22.9 Å². The summed E-state index contributed by atoms with van der Waals surface area (Å²) in [5, 5.41) is 8.57. The number of halogens is 4. The maximum absolute atomic E-state index is 12.3. The van der Waals surface area contributed by atoms with Crippen LogP contribution in [0.4, 0.5) is 19.0 Å². The number of hydrogen-bond acceptors (Lipinski definition) is 3. The molecule has 0 aliphatic carbocycles. The predicted molar refractivity (Wildman–Crippen MR) is 60.1 cm³/mol. The normalized spacial score (nSPS) is 11.4. The minimum atomic E-state index is -4.38. The van der Waals surface area contributed by atoms with Gasteiger partial charge in [0.05, 0.1) is 10.6 Å². The summed E-state index contributed by atoms with van der Waals surface area (Å²) in [5.74, 6) is -1.32. The highest BCUT2D eigenvalue weighted by Gasteiger charge is 2.31. The topological polar surface area (TPSA) is 53.4 Å². The van der Waals surface area contributed by atoms with Gasteiger partial charge < -0.3 is 10.0 Å². The zero-order valence-corrected chi connectivity index (χ0v) is 10.1.